The summed E-state index contributed by atoms with van der Waals surface area (Å²) in [6, 6.07) is 0. The van der Waals surface area contributed by atoms with Crippen LogP contribution in [0.4, 0.5) is 0 Å². The average Bonchev–Trinajstić information content (AvgIpc) is 1.72. The first-order valence-electron chi connectivity index (χ1n) is 2.71. The van der Waals surface area contributed by atoms with Crippen molar-refractivity contribution in [1.29, 1.82) is 0 Å². The van der Waals surface area contributed by atoms with Crippen molar-refractivity contribution in [3.8, 4) is 0 Å². The van der Waals surface area contributed by atoms with Gasteiger partial charge in [0, 0.05) is 0 Å². The molecule has 0 aromatic carbocycles. The predicted octanol–water partition coefficient (Wildman–Crippen LogP) is -0.137. The first-order chi connectivity index (χ1) is 3.00. The zero-order valence-corrected chi connectivity index (χ0v) is 7.00. The Morgan fingerprint density at radius 3 is 2.00 bits per heavy atom. The Kier molecular flexibility index (Phi) is 2.15. The van der Waals surface area contributed by atoms with Gasteiger partial charge in [-0.15, -0.1) is 0 Å². The SMILES string of the molecule is C1[CH2][GaH][CH2]CN1. The molecule has 1 nitrogen and oxygen atoms in total. The van der Waals surface area contributed by atoms with Crippen LogP contribution in [0.1, 0.15) is 0 Å². The molecule has 1 aliphatic heterocycles. The molecule has 0 aromatic heterocycles. The molecule has 0 saturated carbocycles. The molecular formula is C4H10GaN. The number of hydrogen-bond donors (Lipinski definition) is 1. The molecule has 0 bridgehead atoms. The molecular weight excluding hydrogens is 132 g/mol. The summed E-state index contributed by atoms with van der Waals surface area (Å²) in [6.07, 6.45) is 0. The van der Waals surface area contributed by atoms with Crippen LogP contribution in [0.3, 0.4) is 0 Å². The molecule has 1 saturated heterocycles. The fraction of sp³-hybridized carbons (Fsp3) is 1.00. The molecule has 0 spiro atoms. The van der Waals surface area contributed by atoms with Crippen molar-refractivity contribution in [2.75, 3.05) is 13.1 Å². The number of nitrogens with one attached hydrogen (secondary N) is 1. The maximum atomic E-state index is 3.33. The van der Waals surface area contributed by atoms with Crippen LogP contribution in [0, 0.1) is 0 Å². The van der Waals surface area contributed by atoms with Crippen LogP contribution in [0.2, 0.25) is 9.95 Å². The normalized spacial score (nSPS) is 22.7. The fourth-order valence-corrected chi connectivity index (χ4v) is 3.64. The quantitative estimate of drug-likeness (QED) is 0.464. The van der Waals surface area contributed by atoms with Crippen LogP contribution in [0.15, 0.2) is 0 Å². The first kappa shape index (κ1) is 4.75. The Morgan fingerprint density at radius 2 is 1.83 bits per heavy atom. The van der Waals surface area contributed by atoms with Gasteiger partial charge in [-0.1, -0.05) is 0 Å². The van der Waals surface area contributed by atoms with Gasteiger partial charge in [-0.2, -0.15) is 0 Å². The molecule has 0 aliphatic carbocycles. The summed E-state index contributed by atoms with van der Waals surface area (Å²) in [7, 11) is 0. The van der Waals surface area contributed by atoms with Crippen molar-refractivity contribution >= 4 is 17.4 Å². The molecule has 0 radical (unpaired) electrons. The summed E-state index contributed by atoms with van der Waals surface area (Å²) in [5.41, 5.74) is 0. The van der Waals surface area contributed by atoms with E-state index in [1.54, 1.807) is 9.95 Å². The Labute approximate surface area is 46.3 Å². The third-order valence-corrected chi connectivity index (χ3v) is 4.79. The summed E-state index contributed by atoms with van der Waals surface area (Å²) < 4.78 is 0. The van der Waals surface area contributed by atoms with E-state index < -0.39 is 0 Å². The fourth-order valence-electron chi connectivity index (χ4n) is 0.802. The van der Waals surface area contributed by atoms with Crippen molar-refractivity contribution in [1.82, 2.24) is 5.32 Å². The van der Waals surface area contributed by atoms with E-state index in [1.807, 2.05) is 0 Å². The molecule has 34 valence electrons. The average molecular weight is 142 g/mol. The number of rotatable bonds is 0. The zero-order valence-electron chi connectivity index (χ0n) is 4.04. The predicted molar refractivity (Wildman–Crippen MR) is 29.6 cm³/mol. The molecule has 6 heavy (non-hydrogen) atoms. The van der Waals surface area contributed by atoms with Gasteiger partial charge in [0.05, 0.1) is 0 Å². The Balaban J connectivity index is 2.00. The van der Waals surface area contributed by atoms with Crippen molar-refractivity contribution in [3.63, 3.8) is 0 Å². The molecule has 0 unspecified atom stereocenters. The van der Waals surface area contributed by atoms with E-state index in [-0.39, 0.29) is 17.4 Å². The van der Waals surface area contributed by atoms with E-state index in [0.717, 1.165) is 0 Å². The minimum atomic E-state index is 0.0990. The second-order valence-electron chi connectivity index (χ2n) is 1.81. The van der Waals surface area contributed by atoms with Gasteiger partial charge in [-0.05, 0) is 0 Å². The summed E-state index contributed by atoms with van der Waals surface area (Å²) in [5, 5.41) is 3.33. The van der Waals surface area contributed by atoms with E-state index in [0.29, 0.717) is 0 Å². The Hall–Kier alpha value is 0.596. The Morgan fingerprint density at radius 1 is 1.17 bits per heavy atom. The van der Waals surface area contributed by atoms with E-state index in [1.165, 1.54) is 13.1 Å². The van der Waals surface area contributed by atoms with Crippen LogP contribution in [-0.4, -0.2) is 30.5 Å². The first-order valence-corrected chi connectivity index (χ1v) is 6.90. The molecule has 1 rings (SSSR count). The van der Waals surface area contributed by atoms with Crippen LogP contribution < -0.4 is 5.32 Å². The van der Waals surface area contributed by atoms with Gasteiger partial charge < -0.3 is 0 Å². The van der Waals surface area contributed by atoms with Crippen molar-refractivity contribution in [2.45, 2.75) is 9.95 Å². The van der Waals surface area contributed by atoms with Gasteiger partial charge in [0.1, 0.15) is 0 Å². The van der Waals surface area contributed by atoms with Crippen molar-refractivity contribution in [2.24, 2.45) is 0 Å². The standard InChI is InChI=1S/C4H9N.Ga.H/c1-3-5-4-2;;/h5H,1-4H2;;. The summed E-state index contributed by atoms with van der Waals surface area (Å²) in [4.78, 5) is 3.15. The van der Waals surface area contributed by atoms with Crippen molar-refractivity contribution in [3.05, 3.63) is 0 Å². The van der Waals surface area contributed by atoms with Crippen LogP contribution in [-0.2, 0) is 0 Å². The molecule has 2 heteroatoms. The second kappa shape index (κ2) is 2.72. The summed E-state index contributed by atoms with van der Waals surface area (Å²) in [5.74, 6) is 0. The van der Waals surface area contributed by atoms with Crippen LogP contribution in [0.5, 0.6) is 0 Å². The number of hydrogen-bond acceptors (Lipinski definition) is 1. The van der Waals surface area contributed by atoms with E-state index in [9.17, 15) is 0 Å². The molecule has 1 heterocycles. The Bertz CT molecular complexity index is 23.0. The van der Waals surface area contributed by atoms with Crippen molar-refractivity contribution < 1.29 is 0 Å². The van der Waals surface area contributed by atoms with Crippen LogP contribution >= 0.6 is 0 Å². The van der Waals surface area contributed by atoms with Gasteiger partial charge in [0.2, 0.25) is 0 Å². The third-order valence-electron chi connectivity index (χ3n) is 1.21. The second-order valence-corrected chi connectivity index (χ2v) is 6.26. The van der Waals surface area contributed by atoms with Gasteiger partial charge in [0.15, 0.2) is 0 Å². The molecule has 0 atom stereocenters. The molecule has 1 fully saturated rings. The molecule has 0 amide bonds. The van der Waals surface area contributed by atoms with E-state index in [2.05, 4.69) is 5.32 Å². The topological polar surface area (TPSA) is 12.0 Å². The van der Waals surface area contributed by atoms with Gasteiger partial charge in [-0.25, -0.2) is 0 Å². The third kappa shape index (κ3) is 1.37. The van der Waals surface area contributed by atoms with E-state index in [4.69, 9.17) is 0 Å². The summed E-state index contributed by atoms with van der Waals surface area (Å²) >= 11 is 0.0990. The minimum absolute atomic E-state index is 0.0990. The molecule has 0 aromatic rings. The monoisotopic (exact) mass is 141 g/mol. The van der Waals surface area contributed by atoms with E-state index >= 15 is 0 Å². The van der Waals surface area contributed by atoms with Gasteiger partial charge in [0.25, 0.3) is 0 Å². The van der Waals surface area contributed by atoms with Crippen LogP contribution in [0.25, 0.3) is 0 Å². The zero-order chi connectivity index (χ0) is 4.24. The molecule has 1 aliphatic rings. The van der Waals surface area contributed by atoms with Gasteiger partial charge >= 0.3 is 45.8 Å². The molecule has 1 N–H and O–H groups in total. The maximum absolute atomic E-state index is 3.33. The summed E-state index contributed by atoms with van der Waals surface area (Å²) in [6.45, 7) is 2.67. The van der Waals surface area contributed by atoms with Gasteiger partial charge in [-0.3, -0.25) is 0 Å².